The maximum Gasteiger partial charge on any atom is 0.117 e. The van der Waals surface area contributed by atoms with Gasteiger partial charge in [-0.05, 0) is 30.7 Å². The van der Waals surface area contributed by atoms with Gasteiger partial charge in [0.25, 0.3) is 0 Å². The lowest BCUT2D eigenvalue weighted by atomic mass is 10.1. The van der Waals surface area contributed by atoms with E-state index in [2.05, 4.69) is 4.98 Å². The summed E-state index contributed by atoms with van der Waals surface area (Å²) in [7, 11) is 0. The highest BCUT2D eigenvalue weighted by Crippen LogP contribution is 2.22. The summed E-state index contributed by atoms with van der Waals surface area (Å²) in [5.74, 6) is 0.286. The molecule has 0 atom stereocenters. The Morgan fingerprint density at radius 2 is 2.23 bits per heavy atom. The number of phenols is 1. The normalized spacial score (nSPS) is 10.8. The molecule has 0 bridgehead atoms. The van der Waals surface area contributed by atoms with E-state index in [0.717, 1.165) is 17.3 Å². The molecule has 0 aliphatic heterocycles. The number of nitrogens with two attached hydrogens (primary N) is 1. The first-order valence-corrected chi connectivity index (χ1v) is 4.30. The van der Waals surface area contributed by atoms with Gasteiger partial charge in [0.05, 0.1) is 0 Å². The summed E-state index contributed by atoms with van der Waals surface area (Å²) < 4.78 is 0. The van der Waals surface area contributed by atoms with Crippen LogP contribution in [0.15, 0.2) is 24.4 Å². The highest BCUT2D eigenvalue weighted by Gasteiger charge is 2.02. The van der Waals surface area contributed by atoms with Crippen molar-refractivity contribution < 1.29 is 5.11 Å². The van der Waals surface area contributed by atoms with Crippen molar-refractivity contribution in [2.75, 3.05) is 6.54 Å². The highest BCUT2D eigenvalue weighted by molar-refractivity contribution is 5.84. The van der Waals surface area contributed by atoms with Crippen molar-refractivity contribution >= 4 is 10.9 Å². The SMILES string of the molecule is NCCc1c[nH]c2cc(O)ccc12. The summed E-state index contributed by atoms with van der Waals surface area (Å²) >= 11 is 0. The van der Waals surface area contributed by atoms with Gasteiger partial charge in [0.2, 0.25) is 0 Å². The lowest BCUT2D eigenvalue weighted by Gasteiger charge is -1.95. The summed E-state index contributed by atoms with van der Waals surface area (Å²) in [5, 5.41) is 10.4. The van der Waals surface area contributed by atoms with Crippen LogP contribution in [0.5, 0.6) is 5.75 Å². The van der Waals surface area contributed by atoms with Crippen molar-refractivity contribution in [2.24, 2.45) is 5.73 Å². The Kier molecular flexibility index (Phi) is 1.94. The number of nitrogens with one attached hydrogen (secondary N) is 1. The molecule has 68 valence electrons. The summed E-state index contributed by atoms with van der Waals surface area (Å²) in [6.45, 7) is 0.647. The number of rotatable bonds is 2. The van der Waals surface area contributed by atoms with Gasteiger partial charge in [0.15, 0.2) is 0 Å². The summed E-state index contributed by atoms with van der Waals surface area (Å²) in [6, 6.07) is 5.32. The molecular weight excluding hydrogens is 164 g/mol. The van der Waals surface area contributed by atoms with E-state index in [1.54, 1.807) is 12.1 Å². The van der Waals surface area contributed by atoms with Crippen molar-refractivity contribution in [3.8, 4) is 5.75 Å². The summed E-state index contributed by atoms with van der Waals surface area (Å²) in [5.41, 5.74) is 7.64. The molecule has 3 nitrogen and oxygen atoms in total. The number of hydrogen-bond donors (Lipinski definition) is 3. The Morgan fingerprint density at radius 1 is 1.38 bits per heavy atom. The maximum absolute atomic E-state index is 9.22. The molecule has 0 spiro atoms. The first-order valence-electron chi connectivity index (χ1n) is 4.30. The van der Waals surface area contributed by atoms with Crippen molar-refractivity contribution in [2.45, 2.75) is 6.42 Å². The third-order valence-corrected chi connectivity index (χ3v) is 2.16. The van der Waals surface area contributed by atoms with E-state index < -0.39 is 0 Å². The molecule has 0 saturated carbocycles. The van der Waals surface area contributed by atoms with Crippen LogP contribution in [-0.4, -0.2) is 16.6 Å². The largest absolute Gasteiger partial charge is 0.508 e. The molecule has 0 saturated heterocycles. The van der Waals surface area contributed by atoms with Gasteiger partial charge in [0.1, 0.15) is 5.75 Å². The second-order valence-corrected chi connectivity index (χ2v) is 3.08. The fourth-order valence-corrected chi connectivity index (χ4v) is 1.54. The van der Waals surface area contributed by atoms with Gasteiger partial charge in [-0.15, -0.1) is 0 Å². The van der Waals surface area contributed by atoms with Crippen LogP contribution >= 0.6 is 0 Å². The Balaban J connectivity index is 2.55. The van der Waals surface area contributed by atoms with E-state index in [0.29, 0.717) is 6.54 Å². The second-order valence-electron chi connectivity index (χ2n) is 3.08. The molecule has 2 rings (SSSR count). The van der Waals surface area contributed by atoms with E-state index >= 15 is 0 Å². The number of aromatic amines is 1. The first-order chi connectivity index (χ1) is 6.31. The van der Waals surface area contributed by atoms with Crippen LogP contribution in [0.2, 0.25) is 0 Å². The van der Waals surface area contributed by atoms with Crippen molar-refractivity contribution in [3.05, 3.63) is 30.0 Å². The summed E-state index contributed by atoms with van der Waals surface area (Å²) in [6.07, 6.45) is 2.81. The number of H-pyrrole nitrogens is 1. The average molecular weight is 176 g/mol. The molecule has 1 aromatic heterocycles. The van der Waals surface area contributed by atoms with Crippen LogP contribution < -0.4 is 5.73 Å². The molecule has 2 aromatic rings. The predicted molar refractivity (Wildman–Crippen MR) is 52.7 cm³/mol. The Labute approximate surface area is 76.2 Å². The van der Waals surface area contributed by atoms with Gasteiger partial charge in [-0.1, -0.05) is 0 Å². The predicted octanol–water partition coefficient (Wildman–Crippen LogP) is 1.37. The van der Waals surface area contributed by atoms with E-state index in [1.165, 1.54) is 5.56 Å². The van der Waals surface area contributed by atoms with E-state index in [-0.39, 0.29) is 5.75 Å². The lowest BCUT2D eigenvalue weighted by Crippen LogP contribution is -2.01. The Bertz CT molecular complexity index is 420. The molecule has 4 N–H and O–H groups in total. The van der Waals surface area contributed by atoms with Crippen LogP contribution in [0.4, 0.5) is 0 Å². The molecule has 0 aliphatic rings. The number of hydrogen-bond acceptors (Lipinski definition) is 2. The standard InChI is InChI=1S/C10H12N2O/c11-4-3-7-6-12-10-5-8(13)1-2-9(7)10/h1-2,5-6,12-13H,3-4,11H2. The lowest BCUT2D eigenvalue weighted by molar-refractivity contribution is 0.476. The van der Waals surface area contributed by atoms with Gasteiger partial charge >= 0.3 is 0 Å². The third-order valence-electron chi connectivity index (χ3n) is 2.16. The van der Waals surface area contributed by atoms with Gasteiger partial charge in [0, 0.05) is 23.2 Å². The Morgan fingerprint density at radius 3 is 3.00 bits per heavy atom. The smallest absolute Gasteiger partial charge is 0.117 e. The number of phenolic OH excluding ortho intramolecular Hbond substituents is 1. The van der Waals surface area contributed by atoms with Crippen LogP contribution in [0, 0.1) is 0 Å². The van der Waals surface area contributed by atoms with Gasteiger partial charge < -0.3 is 15.8 Å². The molecule has 0 aliphatic carbocycles. The number of aromatic nitrogens is 1. The fraction of sp³-hybridized carbons (Fsp3) is 0.200. The van der Waals surface area contributed by atoms with E-state index in [9.17, 15) is 5.11 Å². The van der Waals surface area contributed by atoms with Crippen molar-refractivity contribution in [1.82, 2.24) is 4.98 Å². The van der Waals surface area contributed by atoms with Gasteiger partial charge in [-0.2, -0.15) is 0 Å². The molecule has 3 heteroatoms. The average Bonchev–Trinajstić information content (AvgIpc) is 2.49. The highest BCUT2D eigenvalue weighted by atomic mass is 16.3. The molecule has 0 radical (unpaired) electrons. The first kappa shape index (κ1) is 8.13. The molecule has 1 heterocycles. The van der Waals surface area contributed by atoms with E-state index in [4.69, 9.17) is 5.73 Å². The second kappa shape index (κ2) is 3.11. The third kappa shape index (κ3) is 1.38. The van der Waals surface area contributed by atoms with Crippen LogP contribution in [0.1, 0.15) is 5.56 Å². The number of fused-ring (bicyclic) bond motifs is 1. The summed E-state index contributed by atoms with van der Waals surface area (Å²) in [4.78, 5) is 3.10. The minimum Gasteiger partial charge on any atom is -0.508 e. The van der Waals surface area contributed by atoms with E-state index in [1.807, 2.05) is 12.3 Å². The van der Waals surface area contributed by atoms with Crippen molar-refractivity contribution in [1.29, 1.82) is 0 Å². The minimum atomic E-state index is 0.286. The molecule has 0 amide bonds. The van der Waals surface area contributed by atoms with Crippen LogP contribution in [0.25, 0.3) is 10.9 Å². The topological polar surface area (TPSA) is 62.0 Å². The van der Waals surface area contributed by atoms with Crippen LogP contribution in [0.3, 0.4) is 0 Å². The Hall–Kier alpha value is -1.48. The zero-order valence-electron chi connectivity index (χ0n) is 7.25. The zero-order valence-corrected chi connectivity index (χ0v) is 7.25. The molecule has 0 fully saturated rings. The molecular formula is C10H12N2O. The molecule has 1 aromatic carbocycles. The maximum atomic E-state index is 9.22. The minimum absolute atomic E-state index is 0.286. The monoisotopic (exact) mass is 176 g/mol. The fourth-order valence-electron chi connectivity index (χ4n) is 1.54. The van der Waals surface area contributed by atoms with Crippen LogP contribution in [-0.2, 0) is 6.42 Å². The molecule has 13 heavy (non-hydrogen) atoms. The van der Waals surface area contributed by atoms with Gasteiger partial charge in [-0.25, -0.2) is 0 Å². The van der Waals surface area contributed by atoms with Crippen molar-refractivity contribution in [3.63, 3.8) is 0 Å². The van der Waals surface area contributed by atoms with Gasteiger partial charge in [-0.3, -0.25) is 0 Å². The number of benzene rings is 1. The zero-order chi connectivity index (χ0) is 9.26. The number of aromatic hydroxyl groups is 1. The molecule has 0 unspecified atom stereocenters. The quantitative estimate of drug-likeness (QED) is 0.647.